The molecule has 0 spiro atoms. The van der Waals surface area contributed by atoms with Crippen LogP contribution in [0.2, 0.25) is 0 Å². The number of nitrogen functional groups attached to an aromatic ring is 1. The van der Waals surface area contributed by atoms with Gasteiger partial charge in [-0.3, -0.25) is 0 Å². The standard InChI is InChI=1S/C16H14N6OS/c1-2-10-5-3-6-11(9-10)22-14(17)13(19-21-22)16-18-15(20-23-16)12-7-4-8-24-12/h3-9H,2,17H2,1H3. The molecular formula is C16H14N6OS. The molecule has 0 unspecified atom stereocenters. The summed E-state index contributed by atoms with van der Waals surface area (Å²) in [6.07, 6.45) is 0.934. The van der Waals surface area contributed by atoms with E-state index in [2.05, 4.69) is 33.4 Å². The molecule has 0 bridgehead atoms. The minimum Gasteiger partial charge on any atom is -0.382 e. The van der Waals surface area contributed by atoms with Crippen LogP contribution < -0.4 is 5.73 Å². The number of aryl methyl sites for hydroxylation is 1. The Hall–Kier alpha value is -3.00. The van der Waals surface area contributed by atoms with Crippen molar-refractivity contribution < 1.29 is 4.52 Å². The van der Waals surface area contributed by atoms with Gasteiger partial charge in [0.05, 0.1) is 10.6 Å². The van der Waals surface area contributed by atoms with E-state index < -0.39 is 0 Å². The molecule has 0 aliphatic carbocycles. The Bertz CT molecular complexity index is 972. The van der Waals surface area contributed by atoms with Gasteiger partial charge in [-0.05, 0) is 35.6 Å². The van der Waals surface area contributed by atoms with E-state index in [4.69, 9.17) is 10.3 Å². The molecule has 2 N–H and O–H groups in total. The molecule has 0 amide bonds. The Morgan fingerprint density at radius 1 is 1.25 bits per heavy atom. The zero-order chi connectivity index (χ0) is 16.5. The summed E-state index contributed by atoms with van der Waals surface area (Å²) < 4.78 is 6.87. The monoisotopic (exact) mass is 338 g/mol. The summed E-state index contributed by atoms with van der Waals surface area (Å²) in [5.41, 5.74) is 8.63. The van der Waals surface area contributed by atoms with Crippen LogP contribution in [0.5, 0.6) is 0 Å². The van der Waals surface area contributed by atoms with Crippen molar-refractivity contribution in [3.05, 3.63) is 47.3 Å². The molecule has 0 atom stereocenters. The number of benzene rings is 1. The maximum Gasteiger partial charge on any atom is 0.282 e. The predicted octanol–water partition coefficient (Wildman–Crippen LogP) is 3.19. The highest BCUT2D eigenvalue weighted by Crippen LogP contribution is 2.28. The van der Waals surface area contributed by atoms with E-state index in [1.807, 2.05) is 35.7 Å². The molecule has 0 aliphatic heterocycles. The van der Waals surface area contributed by atoms with Gasteiger partial charge in [0.2, 0.25) is 5.82 Å². The van der Waals surface area contributed by atoms with Crippen LogP contribution in [0.1, 0.15) is 12.5 Å². The van der Waals surface area contributed by atoms with Crippen molar-refractivity contribution in [3.8, 4) is 28.0 Å². The number of anilines is 1. The number of thiophene rings is 1. The van der Waals surface area contributed by atoms with Crippen molar-refractivity contribution in [2.24, 2.45) is 0 Å². The largest absolute Gasteiger partial charge is 0.382 e. The highest BCUT2D eigenvalue weighted by Gasteiger charge is 2.20. The minimum absolute atomic E-state index is 0.258. The van der Waals surface area contributed by atoms with Gasteiger partial charge in [0.15, 0.2) is 11.5 Å². The number of rotatable bonds is 4. The Kier molecular flexibility index (Phi) is 3.58. The van der Waals surface area contributed by atoms with Gasteiger partial charge in [0, 0.05) is 0 Å². The molecule has 0 saturated heterocycles. The molecule has 0 fully saturated rings. The van der Waals surface area contributed by atoms with Crippen molar-refractivity contribution in [3.63, 3.8) is 0 Å². The lowest BCUT2D eigenvalue weighted by atomic mass is 10.1. The average Bonchev–Trinajstić information content (AvgIpc) is 3.34. The molecule has 24 heavy (non-hydrogen) atoms. The first-order valence-corrected chi connectivity index (χ1v) is 8.32. The third-order valence-electron chi connectivity index (χ3n) is 3.64. The second-order valence-corrected chi connectivity index (χ2v) is 6.11. The van der Waals surface area contributed by atoms with E-state index in [0.717, 1.165) is 17.0 Å². The fourth-order valence-corrected chi connectivity index (χ4v) is 3.02. The number of aromatic nitrogens is 5. The number of nitrogens with two attached hydrogens (primary N) is 1. The van der Waals surface area contributed by atoms with E-state index in [1.54, 1.807) is 4.68 Å². The van der Waals surface area contributed by atoms with Crippen LogP contribution in [-0.4, -0.2) is 25.1 Å². The quantitative estimate of drug-likeness (QED) is 0.614. The Morgan fingerprint density at radius 2 is 2.17 bits per heavy atom. The van der Waals surface area contributed by atoms with Gasteiger partial charge in [0.1, 0.15) is 0 Å². The molecule has 1 aromatic carbocycles. The van der Waals surface area contributed by atoms with Crippen LogP contribution in [0.3, 0.4) is 0 Å². The second-order valence-electron chi connectivity index (χ2n) is 5.16. The summed E-state index contributed by atoms with van der Waals surface area (Å²) in [5, 5.41) is 14.2. The fraction of sp³-hybridized carbons (Fsp3) is 0.125. The molecule has 7 nitrogen and oxygen atoms in total. The third-order valence-corrected chi connectivity index (χ3v) is 4.50. The van der Waals surface area contributed by atoms with Crippen LogP contribution >= 0.6 is 11.3 Å². The van der Waals surface area contributed by atoms with Gasteiger partial charge in [-0.15, -0.1) is 16.4 Å². The predicted molar refractivity (Wildman–Crippen MR) is 91.8 cm³/mol. The molecule has 4 rings (SSSR count). The van der Waals surface area contributed by atoms with Crippen LogP contribution in [0, 0.1) is 0 Å². The second kappa shape index (κ2) is 5.89. The lowest BCUT2D eigenvalue weighted by Crippen LogP contribution is -2.02. The SMILES string of the molecule is CCc1cccc(-n2nnc(-c3nc(-c4cccs4)no3)c2N)c1. The van der Waals surface area contributed by atoms with Gasteiger partial charge in [0.25, 0.3) is 5.89 Å². The molecule has 120 valence electrons. The zero-order valence-corrected chi connectivity index (χ0v) is 13.7. The van der Waals surface area contributed by atoms with Gasteiger partial charge in [-0.1, -0.05) is 35.5 Å². The van der Waals surface area contributed by atoms with Crippen LogP contribution in [0.25, 0.3) is 28.0 Å². The molecule has 0 aliphatic rings. The molecule has 3 heterocycles. The minimum atomic E-state index is 0.258. The maximum atomic E-state index is 6.20. The van der Waals surface area contributed by atoms with Crippen molar-refractivity contribution in [2.75, 3.05) is 5.73 Å². The van der Waals surface area contributed by atoms with Crippen molar-refractivity contribution in [1.82, 2.24) is 25.1 Å². The highest BCUT2D eigenvalue weighted by molar-refractivity contribution is 7.13. The lowest BCUT2D eigenvalue weighted by molar-refractivity contribution is 0.431. The highest BCUT2D eigenvalue weighted by atomic mass is 32.1. The topological polar surface area (TPSA) is 95.6 Å². The molecule has 3 aromatic heterocycles. The number of hydrogen-bond acceptors (Lipinski definition) is 7. The van der Waals surface area contributed by atoms with Crippen LogP contribution in [0.15, 0.2) is 46.3 Å². The molecular weight excluding hydrogens is 324 g/mol. The van der Waals surface area contributed by atoms with Crippen LogP contribution in [-0.2, 0) is 6.42 Å². The number of nitrogens with zero attached hydrogens (tertiary/aromatic N) is 5. The third kappa shape index (κ3) is 2.46. The van der Waals surface area contributed by atoms with Crippen molar-refractivity contribution >= 4 is 17.2 Å². The van der Waals surface area contributed by atoms with Gasteiger partial charge in [-0.25, -0.2) is 0 Å². The molecule has 0 radical (unpaired) electrons. The van der Waals surface area contributed by atoms with Crippen molar-refractivity contribution in [1.29, 1.82) is 0 Å². The average molecular weight is 338 g/mol. The Balaban J connectivity index is 1.72. The van der Waals surface area contributed by atoms with Gasteiger partial charge < -0.3 is 10.3 Å². The normalized spacial score (nSPS) is 11.0. The summed E-state index contributed by atoms with van der Waals surface area (Å²) in [7, 11) is 0. The van der Waals surface area contributed by atoms with Crippen LogP contribution in [0.4, 0.5) is 5.82 Å². The smallest absolute Gasteiger partial charge is 0.282 e. The summed E-state index contributed by atoms with van der Waals surface area (Å²) in [5.74, 6) is 1.14. The summed E-state index contributed by atoms with van der Waals surface area (Å²) in [6.45, 7) is 2.10. The first kappa shape index (κ1) is 14.6. The van der Waals surface area contributed by atoms with Gasteiger partial charge in [-0.2, -0.15) is 9.67 Å². The van der Waals surface area contributed by atoms with E-state index in [1.165, 1.54) is 16.9 Å². The molecule has 8 heteroatoms. The fourth-order valence-electron chi connectivity index (χ4n) is 2.37. The maximum absolute atomic E-state index is 6.20. The first-order valence-electron chi connectivity index (χ1n) is 7.44. The van der Waals surface area contributed by atoms with Crippen molar-refractivity contribution in [2.45, 2.75) is 13.3 Å². The molecule has 4 aromatic rings. The van der Waals surface area contributed by atoms with E-state index >= 15 is 0 Å². The molecule has 0 saturated carbocycles. The number of hydrogen-bond donors (Lipinski definition) is 1. The summed E-state index contributed by atoms with van der Waals surface area (Å²) >= 11 is 1.54. The van der Waals surface area contributed by atoms with Gasteiger partial charge >= 0.3 is 0 Å². The van der Waals surface area contributed by atoms with E-state index in [9.17, 15) is 0 Å². The van der Waals surface area contributed by atoms with E-state index in [-0.39, 0.29) is 5.89 Å². The summed E-state index contributed by atoms with van der Waals surface area (Å²) in [6, 6.07) is 11.8. The zero-order valence-electron chi connectivity index (χ0n) is 12.9. The Morgan fingerprint density at radius 3 is 2.96 bits per heavy atom. The first-order chi connectivity index (χ1) is 11.8. The van der Waals surface area contributed by atoms with E-state index in [0.29, 0.717) is 17.3 Å². The Labute approximate surface area is 141 Å². The summed E-state index contributed by atoms with van der Waals surface area (Å²) in [4.78, 5) is 5.28. The lowest BCUT2D eigenvalue weighted by Gasteiger charge is -2.04.